The number of carbonyl (C=O) groups is 2. The van der Waals surface area contributed by atoms with Gasteiger partial charge in [0.15, 0.2) is 5.96 Å². The van der Waals surface area contributed by atoms with Crippen molar-refractivity contribution in [3.05, 3.63) is 35.4 Å². The zero-order valence-corrected chi connectivity index (χ0v) is 17.8. The number of rotatable bonds is 4. The monoisotopic (exact) mass is 485 g/mol. The van der Waals surface area contributed by atoms with E-state index in [1.165, 1.54) is 19.3 Å². The molecule has 0 atom stereocenters. The van der Waals surface area contributed by atoms with Crippen molar-refractivity contribution >= 4 is 41.8 Å². The molecule has 1 aromatic carbocycles. The Bertz CT molecular complexity index is 671. The molecule has 1 aromatic rings. The summed E-state index contributed by atoms with van der Waals surface area (Å²) in [6.07, 6.45) is 6.11. The molecule has 2 fully saturated rings. The average Bonchev–Trinajstić information content (AvgIpc) is 2.67. The van der Waals surface area contributed by atoms with Gasteiger partial charge in [-0.3, -0.25) is 9.59 Å². The lowest BCUT2D eigenvalue weighted by Gasteiger charge is -2.26. The van der Waals surface area contributed by atoms with Gasteiger partial charge < -0.3 is 21.3 Å². The lowest BCUT2D eigenvalue weighted by Crippen LogP contribution is -2.49. The predicted molar refractivity (Wildman–Crippen MR) is 116 cm³/mol. The highest BCUT2D eigenvalue weighted by atomic mass is 127. The summed E-state index contributed by atoms with van der Waals surface area (Å²) in [6, 6.07) is 7.77. The van der Waals surface area contributed by atoms with E-state index in [2.05, 4.69) is 15.6 Å². The lowest BCUT2D eigenvalue weighted by molar-refractivity contribution is -0.123. The zero-order valence-electron chi connectivity index (χ0n) is 15.4. The molecule has 1 saturated carbocycles. The fourth-order valence-electron chi connectivity index (χ4n) is 3.43. The van der Waals surface area contributed by atoms with Crippen molar-refractivity contribution in [2.75, 3.05) is 19.6 Å². The van der Waals surface area contributed by atoms with Crippen LogP contribution in [-0.4, -0.2) is 48.3 Å². The first-order valence-corrected chi connectivity index (χ1v) is 9.33. The standard InChI is InChI=1S/C19H27N5O2.HI/c20-19(23-16-4-2-1-3-5-16)22-12-14-6-8-15(9-7-14)18(26)24-11-10-21-17(25)13-24;/h6-9,16H,1-5,10-13H2,(H,21,25)(H3,20,22,23);1H. The number of halogens is 1. The minimum Gasteiger partial charge on any atom is -0.370 e. The Kier molecular flexibility index (Phi) is 8.33. The second-order valence-corrected chi connectivity index (χ2v) is 6.95. The van der Waals surface area contributed by atoms with Crippen LogP contribution in [0.25, 0.3) is 0 Å². The molecule has 1 heterocycles. The molecule has 0 spiro atoms. The molecule has 7 nitrogen and oxygen atoms in total. The van der Waals surface area contributed by atoms with Gasteiger partial charge in [-0.2, -0.15) is 0 Å². The maximum absolute atomic E-state index is 12.4. The molecule has 0 aromatic heterocycles. The number of nitrogens with two attached hydrogens (primary N) is 1. The first-order chi connectivity index (χ1) is 12.6. The number of amides is 2. The molecule has 0 unspecified atom stereocenters. The third kappa shape index (κ3) is 6.37. The summed E-state index contributed by atoms with van der Waals surface area (Å²) in [5, 5.41) is 6.01. The number of piperazine rings is 1. The molecule has 148 valence electrons. The molecule has 3 rings (SSSR count). The summed E-state index contributed by atoms with van der Waals surface area (Å²) >= 11 is 0. The smallest absolute Gasteiger partial charge is 0.254 e. The summed E-state index contributed by atoms with van der Waals surface area (Å²) < 4.78 is 0. The largest absolute Gasteiger partial charge is 0.370 e. The molecule has 1 saturated heterocycles. The minimum absolute atomic E-state index is 0. The van der Waals surface area contributed by atoms with Crippen LogP contribution in [0.5, 0.6) is 0 Å². The second-order valence-electron chi connectivity index (χ2n) is 6.95. The molecular formula is C19H28IN5O2. The number of nitrogens with one attached hydrogen (secondary N) is 2. The summed E-state index contributed by atoms with van der Waals surface area (Å²) in [5.41, 5.74) is 7.56. The van der Waals surface area contributed by atoms with Crippen molar-refractivity contribution in [1.82, 2.24) is 15.5 Å². The number of hydrogen-bond donors (Lipinski definition) is 3. The average molecular weight is 485 g/mol. The number of hydrogen-bond acceptors (Lipinski definition) is 3. The van der Waals surface area contributed by atoms with Gasteiger partial charge in [0.25, 0.3) is 5.91 Å². The number of aliphatic imine (C=N–C) groups is 1. The molecular weight excluding hydrogens is 457 g/mol. The van der Waals surface area contributed by atoms with Crippen molar-refractivity contribution < 1.29 is 9.59 Å². The summed E-state index contributed by atoms with van der Waals surface area (Å²) in [6.45, 7) is 1.64. The molecule has 4 N–H and O–H groups in total. The highest BCUT2D eigenvalue weighted by Crippen LogP contribution is 2.17. The fraction of sp³-hybridized carbons (Fsp3) is 0.526. The molecule has 8 heteroatoms. The van der Waals surface area contributed by atoms with Crippen LogP contribution in [0.15, 0.2) is 29.3 Å². The summed E-state index contributed by atoms with van der Waals surface area (Å²) in [5.74, 6) is 0.251. The van der Waals surface area contributed by atoms with Gasteiger partial charge in [-0.25, -0.2) is 4.99 Å². The van der Waals surface area contributed by atoms with Crippen LogP contribution < -0.4 is 16.4 Å². The number of benzene rings is 1. The van der Waals surface area contributed by atoms with Gasteiger partial charge in [-0.1, -0.05) is 31.4 Å². The van der Waals surface area contributed by atoms with E-state index in [9.17, 15) is 9.59 Å². The van der Waals surface area contributed by atoms with E-state index in [1.807, 2.05) is 12.1 Å². The molecule has 0 bridgehead atoms. The van der Waals surface area contributed by atoms with Gasteiger partial charge in [0.05, 0.1) is 13.1 Å². The van der Waals surface area contributed by atoms with E-state index in [-0.39, 0.29) is 42.3 Å². The fourth-order valence-corrected chi connectivity index (χ4v) is 3.43. The quantitative estimate of drug-likeness (QED) is 0.343. The van der Waals surface area contributed by atoms with E-state index < -0.39 is 0 Å². The maximum atomic E-state index is 12.4. The van der Waals surface area contributed by atoms with Crippen molar-refractivity contribution in [2.24, 2.45) is 10.7 Å². The Labute approximate surface area is 177 Å². The summed E-state index contributed by atoms with van der Waals surface area (Å²) in [7, 11) is 0. The topological polar surface area (TPSA) is 99.8 Å². The van der Waals surface area contributed by atoms with Crippen LogP contribution in [0.3, 0.4) is 0 Å². The first kappa shape index (κ1) is 21.5. The van der Waals surface area contributed by atoms with E-state index in [1.54, 1.807) is 17.0 Å². The van der Waals surface area contributed by atoms with Crippen molar-refractivity contribution in [2.45, 2.75) is 44.7 Å². The number of carbonyl (C=O) groups excluding carboxylic acids is 2. The lowest BCUT2D eigenvalue weighted by atomic mass is 9.96. The highest BCUT2D eigenvalue weighted by molar-refractivity contribution is 14.0. The van der Waals surface area contributed by atoms with E-state index in [0.29, 0.717) is 37.2 Å². The Hall–Kier alpha value is -1.84. The van der Waals surface area contributed by atoms with Gasteiger partial charge in [0.1, 0.15) is 0 Å². The minimum atomic E-state index is -0.117. The third-order valence-electron chi connectivity index (χ3n) is 4.92. The van der Waals surface area contributed by atoms with Crippen LogP contribution in [0, 0.1) is 0 Å². The van der Waals surface area contributed by atoms with Crippen molar-refractivity contribution in [3.63, 3.8) is 0 Å². The Morgan fingerprint density at radius 2 is 1.93 bits per heavy atom. The normalized spacial score (nSPS) is 18.4. The maximum Gasteiger partial charge on any atom is 0.254 e. The SMILES string of the molecule is I.NC(=NCc1ccc(C(=O)N2CCNC(=O)C2)cc1)NC1CCCCC1. The van der Waals surface area contributed by atoms with Gasteiger partial charge >= 0.3 is 0 Å². The first-order valence-electron chi connectivity index (χ1n) is 9.33. The predicted octanol–water partition coefficient (Wildman–Crippen LogP) is 1.61. The number of guanidine groups is 1. The van der Waals surface area contributed by atoms with Gasteiger partial charge in [0.2, 0.25) is 5.91 Å². The molecule has 1 aliphatic heterocycles. The van der Waals surface area contributed by atoms with Gasteiger partial charge in [-0.15, -0.1) is 24.0 Å². The second kappa shape index (κ2) is 10.5. The van der Waals surface area contributed by atoms with Gasteiger partial charge in [-0.05, 0) is 30.5 Å². The molecule has 0 radical (unpaired) electrons. The Morgan fingerprint density at radius 3 is 2.59 bits per heavy atom. The highest BCUT2D eigenvalue weighted by Gasteiger charge is 2.22. The van der Waals surface area contributed by atoms with Crippen LogP contribution in [0.1, 0.15) is 48.0 Å². The molecule has 1 aliphatic carbocycles. The van der Waals surface area contributed by atoms with Crippen LogP contribution in [0.4, 0.5) is 0 Å². The third-order valence-corrected chi connectivity index (χ3v) is 4.92. The van der Waals surface area contributed by atoms with Crippen LogP contribution in [-0.2, 0) is 11.3 Å². The number of nitrogens with zero attached hydrogens (tertiary/aromatic N) is 2. The Balaban J connectivity index is 0.00000261. The van der Waals surface area contributed by atoms with E-state index >= 15 is 0 Å². The Morgan fingerprint density at radius 1 is 1.22 bits per heavy atom. The zero-order chi connectivity index (χ0) is 18.4. The van der Waals surface area contributed by atoms with E-state index in [0.717, 1.165) is 18.4 Å². The van der Waals surface area contributed by atoms with Crippen molar-refractivity contribution in [3.8, 4) is 0 Å². The van der Waals surface area contributed by atoms with Crippen LogP contribution >= 0.6 is 24.0 Å². The van der Waals surface area contributed by atoms with E-state index in [4.69, 9.17) is 5.73 Å². The molecule has 27 heavy (non-hydrogen) atoms. The van der Waals surface area contributed by atoms with Crippen molar-refractivity contribution in [1.29, 1.82) is 0 Å². The summed E-state index contributed by atoms with van der Waals surface area (Å²) in [4.78, 5) is 29.8. The molecule has 2 aliphatic rings. The van der Waals surface area contributed by atoms with Gasteiger partial charge in [0, 0.05) is 24.7 Å². The molecule has 2 amide bonds. The van der Waals surface area contributed by atoms with Crippen LogP contribution in [0.2, 0.25) is 0 Å².